The monoisotopic (exact) mass is 444 g/mol. The molecule has 134 valence electrons. The van der Waals surface area contributed by atoms with E-state index in [0.717, 1.165) is 11.3 Å². The summed E-state index contributed by atoms with van der Waals surface area (Å²) >= 11 is 29.1. The number of hydrogen-bond acceptors (Lipinski definition) is 2. The van der Waals surface area contributed by atoms with Gasteiger partial charge in [-0.15, -0.1) is 0 Å². The van der Waals surface area contributed by atoms with Gasteiger partial charge in [0.15, 0.2) is 10.9 Å². The molecule has 1 aromatic heterocycles. The van der Waals surface area contributed by atoms with Crippen molar-refractivity contribution in [2.24, 2.45) is 0 Å². The van der Waals surface area contributed by atoms with Crippen LogP contribution in [0.5, 0.6) is 0 Å². The number of anilines is 2. The van der Waals surface area contributed by atoms with Crippen molar-refractivity contribution >= 4 is 75.2 Å². The molecule has 0 bridgehead atoms. The third-order valence-electron chi connectivity index (χ3n) is 3.39. The van der Waals surface area contributed by atoms with Crippen LogP contribution in [0, 0.1) is 0 Å². The quantitative estimate of drug-likeness (QED) is 0.458. The molecule has 0 saturated heterocycles. The van der Waals surface area contributed by atoms with Crippen molar-refractivity contribution in [3.8, 4) is 0 Å². The molecule has 0 unspecified atom stereocenters. The lowest BCUT2D eigenvalue weighted by atomic mass is 10.2. The highest BCUT2D eigenvalue weighted by atomic mass is 35.5. The molecular weight excluding hydrogens is 434 g/mol. The normalized spacial score (nSPS) is 10.6. The first-order valence-corrected chi connectivity index (χ1v) is 9.33. The maximum Gasteiger partial charge on any atom is 0.176 e. The van der Waals surface area contributed by atoms with Gasteiger partial charge in [-0.1, -0.05) is 52.5 Å². The fraction of sp³-hybridized carbons (Fsp3) is 0.0588. The average Bonchev–Trinajstić information content (AvgIpc) is 3.01. The predicted molar refractivity (Wildman–Crippen MR) is 114 cm³/mol. The van der Waals surface area contributed by atoms with Crippen LogP contribution in [0.4, 0.5) is 11.5 Å². The second-order valence-electron chi connectivity index (χ2n) is 5.36. The Morgan fingerprint density at radius 2 is 1.58 bits per heavy atom. The van der Waals surface area contributed by atoms with Crippen molar-refractivity contribution in [2.75, 3.05) is 10.6 Å². The smallest absolute Gasteiger partial charge is 0.176 e. The first-order chi connectivity index (χ1) is 12.4. The maximum absolute atomic E-state index is 6.03. The molecule has 26 heavy (non-hydrogen) atoms. The van der Waals surface area contributed by atoms with Crippen LogP contribution in [-0.2, 0) is 6.54 Å². The summed E-state index contributed by atoms with van der Waals surface area (Å²) in [5.41, 5.74) is 1.72. The van der Waals surface area contributed by atoms with E-state index in [1.54, 1.807) is 28.9 Å². The van der Waals surface area contributed by atoms with Gasteiger partial charge in [0.05, 0.1) is 26.6 Å². The number of hydrogen-bond donors (Lipinski definition) is 2. The van der Waals surface area contributed by atoms with Crippen molar-refractivity contribution in [3.63, 3.8) is 0 Å². The van der Waals surface area contributed by atoms with Gasteiger partial charge >= 0.3 is 0 Å². The summed E-state index contributed by atoms with van der Waals surface area (Å²) in [5, 5.41) is 12.8. The van der Waals surface area contributed by atoms with Crippen LogP contribution < -0.4 is 10.6 Å². The fourth-order valence-corrected chi connectivity index (χ4v) is 3.04. The summed E-state index contributed by atoms with van der Waals surface area (Å²) in [5.74, 6) is 0.614. The Kier molecular flexibility index (Phi) is 6.27. The summed E-state index contributed by atoms with van der Waals surface area (Å²) in [6.07, 6.45) is 1.84. The maximum atomic E-state index is 6.03. The van der Waals surface area contributed by atoms with E-state index < -0.39 is 0 Å². The zero-order valence-corrected chi connectivity index (χ0v) is 17.0. The third kappa shape index (κ3) is 5.02. The summed E-state index contributed by atoms with van der Waals surface area (Å²) < 4.78 is 1.77. The topological polar surface area (TPSA) is 41.9 Å². The fourth-order valence-electron chi connectivity index (χ4n) is 2.19. The molecule has 0 amide bonds. The van der Waals surface area contributed by atoms with E-state index in [-0.39, 0.29) is 0 Å². The van der Waals surface area contributed by atoms with Crippen molar-refractivity contribution in [2.45, 2.75) is 6.54 Å². The number of nitrogens with zero attached hydrogens (tertiary/aromatic N) is 2. The van der Waals surface area contributed by atoms with Crippen LogP contribution in [0.15, 0.2) is 48.7 Å². The van der Waals surface area contributed by atoms with Crippen molar-refractivity contribution in [1.29, 1.82) is 0 Å². The Labute approximate surface area is 176 Å². The third-order valence-corrected chi connectivity index (χ3v) is 5.07. The summed E-state index contributed by atoms with van der Waals surface area (Å²) in [6, 6.07) is 12.5. The van der Waals surface area contributed by atoms with Gasteiger partial charge in [-0.05, 0) is 48.1 Å². The molecule has 3 aromatic rings. The number of nitrogens with one attached hydrogen (secondary N) is 2. The van der Waals surface area contributed by atoms with Crippen LogP contribution in [0.1, 0.15) is 5.56 Å². The van der Waals surface area contributed by atoms with E-state index in [2.05, 4.69) is 15.7 Å². The Morgan fingerprint density at radius 1 is 0.885 bits per heavy atom. The van der Waals surface area contributed by atoms with Gasteiger partial charge < -0.3 is 10.6 Å². The number of benzene rings is 2. The highest BCUT2D eigenvalue weighted by Crippen LogP contribution is 2.25. The lowest BCUT2D eigenvalue weighted by Crippen LogP contribution is -2.19. The molecule has 2 N–H and O–H groups in total. The first kappa shape index (κ1) is 19.3. The molecule has 0 spiro atoms. The number of halogens is 4. The second-order valence-corrected chi connectivity index (χ2v) is 7.39. The highest BCUT2D eigenvalue weighted by Gasteiger charge is 2.06. The second kappa shape index (κ2) is 8.46. The predicted octanol–water partition coefficient (Wildman–Crippen LogP) is 6.35. The van der Waals surface area contributed by atoms with Gasteiger partial charge in [-0.2, -0.15) is 5.10 Å². The highest BCUT2D eigenvalue weighted by molar-refractivity contribution is 7.80. The molecule has 1 heterocycles. The van der Waals surface area contributed by atoms with E-state index in [0.29, 0.717) is 37.6 Å². The van der Waals surface area contributed by atoms with E-state index in [9.17, 15) is 0 Å². The number of aromatic nitrogens is 2. The Morgan fingerprint density at radius 3 is 2.27 bits per heavy atom. The van der Waals surface area contributed by atoms with Crippen LogP contribution in [-0.4, -0.2) is 14.9 Å². The molecule has 3 rings (SSSR count). The summed E-state index contributed by atoms with van der Waals surface area (Å²) in [7, 11) is 0. The minimum atomic E-state index is 0.392. The molecule has 0 aliphatic heterocycles. The first-order valence-electron chi connectivity index (χ1n) is 7.41. The van der Waals surface area contributed by atoms with E-state index in [1.165, 1.54) is 0 Å². The average molecular weight is 446 g/mol. The molecule has 0 aliphatic rings. The molecule has 9 heteroatoms. The minimum absolute atomic E-state index is 0.392. The largest absolute Gasteiger partial charge is 0.332 e. The van der Waals surface area contributed by atoms with E-state index in [1.807, 2.05) is 24.4 Å². The minimum Gasteiger partial charge on any atom is -0.332 e. The van der Waals surface area contributed by atoms with Crippen molar-refractivity contribution < 1.29 is 0 Å². The van der Waals surface area contributed by atoms with Gasteiger partial charge in [-0.3, -0.25) is 4.68 Å². The van der Waals surface area contributed by atoms with Crippen LogP contribution >= 0.6 is 58.6 Å². The standard InChI is InChI=1S/C17H12Cl4N4S/c18-12-3-1-10(7-14(12)20)9-25-6-5-16(24-25)23-17(26)22-11-2-4-13(19)15(21)8-11/h1-8H,9H2,(H2,22,23,24,26). The van der Waals surface area contributed by atoms with Gasteiger partial charge in [0.2, 0.25) is 0 Å². The molecule has 2 aromatic carbocycles. The Balaban J connectivity index is 1.61. The molecular formula is C17H12Cl4N4S. The van der Waals surface area contributed by atoms with Crippen LogP contribution in [0.25, 0.3) is 0 Å². The zero-order valence-electron chi connectivity index (χ0n) is 13.1. The number of thiocarbonyl (C=S) groups is 1. The molecule has 0 radical (unpaired) electrons. The molecule has 0 fully saturated rings. The SMILES string of the molecule is S=C(Nc1ccc(Cl)c(Cl)c1)Nc1ccn(Cc2ccc(Cl)c(Cl)c2)n1. The Hall–Kier alpha value is -1.50. The van der Waals surface area contributed by atoms with Crippen LogP contribution in [0.2, 0.25) is 20.1 Å². The van der Waals surface area contributed by atoms with E-state index in [4.69, 9.17) is 58.6 Å². The summed E-state index contributed by atoms with van der Waals surface area (Å²) in [6.45, 7) is 0.561. The van der Waals surface area contributed by atoms with Crippen molar-refractivity contribution in [3.05, 3.63) is 74.3 Å². The van der Waals surface area contributed by atoms with E-state index >= 15 is 0 Å². The molecule has 0 atom stereocenters. The number of rotatable bonds is 4. The van der Waals surface area contributed by atoms with Crippen LogP contribution in [0.3, 0.4) is 0 Å². The van der Waals surface area contributed by atoms with Gasteiger partial charge in [0.1, 0.15) is 0 Å². The van der Waals surface area contributed by atoms with Gasteiger partial charge in [0.25, 0.3) is 0 Å². The molecule has 4 nitrogen and oxygen atoms in total. The molecule has 0 aliphatic carbocycles. The zero-order chi connectivity index (χ0) is 18.7. The van der Waals surface area contributed by atoms with Crippen molar-refractivity contribution in [1.82, 2.24) is 9.78 Å². The lowest BCUT2D eigenvalue weighted by molar-refractivity contribution is 0.690. The Bertz CT molecular complexity index is 958. The van der Waals surface area contributed by atoms with Gasteiger partial charge in [-0.25, -0.2) is 0 Å². The molecule has 0 saturated carbocycles. The summed E-state index contributed by atoms with van der Waals surface area (Å²) in [4.78, 5) is 0. The van der Waals surface area contributed by atoms with Gasteiger partial charge in [0, 0.05) is 18.0 Å². The lowest BCUT2D eigenvalue weighted by Gasteiger charge is -2.09.